The Hall–Kier alpha value is -2.13. The van der Waals surface area contributed by atoms with E-state index in [0.717, 1.165) is 22.5 Å². The van der Waals surface area contributed by atoms with Gasteiger partial charge in [0.2, 0.25) is 0 Å². The number of hydrogen-bond acceptors (Lipinski definition) is 2. The molecule has 0 radical (unpaired) electrons. The topological polar surface area (TPSA) is 37.5 Å². The van der Waals surface area contributed by atoms with E-state index in [1.807, 2.05) is 28.9 Å². The van der Waals surface area contributed by atoms with E-state index >= 15 is 0 Å². The maximum atomic E-state index is 9.15. The van der Waals surface area contributed by atoms with Crippen LogP contribution < -0.4 is 0 Å². The Morgan fingerprint density at radius 2 is 1.95 bits per heavy atom. The van der Waals surface area contributed by atoms with Gasteiger partial charge < -0.3 is 9.51 Å². The third-order valence-electron chi connectivity index (χ3n) is 3.51. The van der Waals surface area contributed by atoms with Crippen molar-refractivity contribution in [1.29, 1.82) is 0 Å². The minimum absolute atomic E-state index is 0.0440. The first-order valence-corrected chi connectivity index (χ1v) is 6.33. The molecule has 2 heterocycles. The molecule has 0 aliphatic heterocycles. The molecule has 0 unspecified atom stereocenters. The van der Waals surface area contributed by atoms with Crippen LogP contribution in [-0.2, 0) is 6.61 Å². The van der Waals surface area contributed by atoms with E-state index in [1.54, 1.807) is 0 Å². The van der Waals surface area contributed by atoms with Crippen LogP contribution in [0.1, 0.15) is 16.7 Å². The fourth-order valence-electron chi connectivity index (χ4n) is 2.16. The Morgan fingerprint density at radius 3 is 2.68 bits per heavy atom. The van der Waals surface area contributed by atoms with E-state index < -0.39 is 0 Å². The maximum absolute atomic E-state index is 9.15. The summed E-state index contributed by atoms with van der Waals surface area (Å²) in [6.45, 7) is 4.26. The summed E-state index contributed by atoms with van der Waals surface area (Å²) in [7, 11) is 0. The average molecular weight is 252 g/mol. The van der Waals surface area contributed by atoms with Gasteiger partial charge in [0, 0.05) is 18.0 Å². The van der Waals surface area contributed by atoms with Crippen LogP contribution in [-0.4, -0.2) is 14.5 Å². The normalized spacial score (nSPS) is 11.1. The molecule has 3 rings (SSSR count). The van der Waals surface area contributed by atoms with E-state index in [1.165, 1.54) is 11.1 Å². The molecule has 3 aromatic rings. The van der Waals surface area contributed by atoms with Gasteiger partial charge in [0.05, 0.1) is 12.3 Å². The Labute approximate surface area is 112 Å². The van der Waals surface area contributed by atoms with Crippen molar-refractivity contribution in [1.82, 2.24) is 9.38 Å². The standard InChI is InChI=1S/C16H16N2O/c1-11-3-4-14(7-12(11)2)15-9-18-6-5-13(10-19)8-16(18)17-15/h3-9,19H,10H2,1-2H3. The summed E-state index contributed by atoms with van der Waals surface area (Å²) < 4.78 is 1.98. The highest BCUT2D eigenvalue weighted by Gasteiger charge is 2.06. The number of aryl methyl sites for hydroxylation is 2. The highest BCUT2D eigenvalue weighted by Crippen LogP contribution is 2.22. The first-order valence-electron chi connectivity index (χ1n) is 6.33. The van der Waals surface area contributed by atoms with Crippen molar-refractivity contribution in [3.05, 3.63) is 59.4 Å². The van der Waals surface area contributed by atoms with E-state index in [-0.39, 0.29) is 6.61 Å². The van der Waals surface area contributed by atoms with Gasteiger partial charge in [0.15, 0.2) is 0 Å². The monoisotopic (exact) mass is 252 g/mol. The number of nitrogens with zero attached hydrogens (tertiary/aromatic N) is 2. The minimum atomic E-state index is 0.0440. The Morgan fingerprint density at radius 1 is 1.11 bits per heavy atom. The van der Waals surface area contributed by atoms with Crippen LogP contribution in [0.15, 0.2) is 42.7 Å². The van der Waals surface area contributed by atoms with Crippen molar-refractivity contribution in [2.75, 3.05) is 0 Å². The molecule has 19 heavy (non-hydrogen) atoms. The largest absolute Gasteiger partial charge is 0.392 e. The molecule has 1 aromatic carbocycles. The van der Waals surface area contributed by atoms with Gasteiger partial charge in [0.25, 0.3) is 0 Å². The first-order chi connectivity index (χ1) is 9.17. The number of aliphatic hydroxyl groups excluding tert-OH is 1. The molecule has 0 spiro atoms. The SMILES string of the molecule is Cc1ccc(-c2cn3ccc(CO)cc3n2)cc1C. The van der Waals surface area contributed by atoms with Gasteiger partial charge >= 0.3 is 0 Å². The molecule has 0 saturated carbocycles. The van der Waals surface area contributed by atoms with Crippen molar-refractivity contribution in [2.45, 2.75) is 20.5 Å². The van der Waals surface area contributed by atoms with Gasteiger partial charge in [-0.05, 0) is 48.7 Å². The Balaban J connectivity index is 2.11. The summed E-state index contributed by atoms with van der Waals surface area (Å²) in [6.07, 6.45) is 3.94. The summed E-state index contributed by atoms with van der Waals surface area (Å²) in [4.78, 5) is 4.61. The van der Waals surface area contributed by atoms with Crippen LogP contribution >= 0.6 is 0 Å². The summed E-state index contributed by atoms with van der Waals surface area (Å²) in [6, 6.07) is 10.2. The zero-order chi connectivity index (χ0) is 13.4. The molecule has 96 valence electrons. The van der Waals surface area contributed by atoms with Crippen LogP contribution in [0.2, 0.25) is 0 Å². The number of hydrogen-bond donors (Lipinski definition) is 1. The number of rotatable bonds is 2. The van der Waals surface area contributed by atoms with E-state index in [9.17, 15) is 0 Å². The van der Waals surface area contributed by atoms with Crippen molar-refractivity contribution in [3.63, 3.8) is 0 Å². The highest BCUT2D eigenvalue weighted by atomic mass is 16.3. The predicted molar refractivity (Wildman–Crippen MR) is 76.0 cm³/mol. The molecule has 3 nitrogen and oxygen atoms in total. The van der Waals surface area contributed by atoms with Crippen LogP contribution in [0, 0.1) is 13.8 Å². The van der Waals surface area contributed by atoms with Gasteiger partial charge in [-0.3, -0.25) is 0 Å². The Bertz CT molecular complexity index is 744. The summed E-state index contributed by atoms with van der Waals surface area (Å²) in [5.74, 6) is 0. The van der Waals surface area contributed by atoms with Crippen LogP contribution in [0.25, 0.3) is 16.9 Å². The summed E-state index contributed by atoms with van der Waals surface area (Å²) in [5, 5.41) is 9.15. The number of imidazole rings is 1. The number of aliphatic hydroxyl groups is 1. The van der Waals surface area contributed by atoms with E-state index in [4.69, 9.17) is 5.11 Å². The number of benzene rings is 1. The van der Waals surface area contributed by atoms with Crippen LogP contribution in [0.3, 0.4) is 0 Å². The lowest BCUT2D eigenvalue weighted by atomic mass is 10.1. The van der Waals surface area contributed by atoms with Gasteiger partial charge in [-0.1, -0.05) is 12.1 Å². The second-order valence-corrected chi connectivity index (χ2v) is 4.88. The molecule has 2 aromatic heterocycles. The highest BCUT2D eigenvalue weighted by molar-refractivity contribution is 5.64. The third kappa shape index (κ3) is 2.13. The molecule has 1 N–H and O–H groups in total. The van der Waals surface area contributed by atoms with E-state index in [2.05, 4.69) is 37.0 Å². The molecule has 0 aliphatic carbocycles. The summed E-state index contributed by atoms with van der Waals surface area (Å²) >= 11 is 0. The number of pyridine rings is 1. The smallest absolute Gasteiger partial charge is 0.137 e. The fraction of sp³-hybridized carbons (Fsp3) is 0.188. The van der Waals surface area contributed by atoms with Gasteiger partial charge in [-0.15, -0.1) is 0 Å². The number of fused-ring (bicyclic) bond motifs is 1. The zero-order valence-electron chi connectivity index (χ0n) is 11.1. The fourth-order valence-corrected chi connectivity index (χ4v) is 2.16. The van der Waals surface area contributed by atoms with Crippen molar-refractivity contribution >= 4 is 5.65 Å². The molecule has 0 amide bonds. The lowest BCUT2D eigenvalue weighted by Crippen LogP contribution is -1.87. The molecule has 3 heteroatoms. The van der Waals surface area contributed by atoms with Crippen LogP contribution in [0.4, 0.5) is 0 Å². The van der Waals surface area contributed by atoms with Crippen LogP contribution in [0.5, 0.6) is 0 Å². The molecule has 0 atom stereocenters. The van der Waals surface area contributed by atoms with Gasteiger partial charge in [0.1, 0.15) is 5.65 Å². The van der Waals surface area contributed by atoms with Crippen molar-refractivity contribution < 1.29 is 5.11 Å². The lowest BCUT2D eigenvalue weighted by molar-refractivity contribution is 0.282. The number of aromatic nitrogens is 2. The molecular weight excluding hydrogens is 236 g/mol. The van der Waals surface area contributed by atoms with Crippen molar-refractivity contribution in [2.24, 2.45) is 0 Å². The molecule has 0 aliphatic rings. The molecular formula is C16H16N2O. The Kier molecular flexibility index (Phi) is 2.84. The second-order valence-electron chi connectivity index (χ2n) is 4.88. The van der Waals surface area contributed by atoms with Gasteiger partial charge in [-0.25, -0.2) is 4.98 Å². The lowest BCUT2D eigenvalue weighted by Gasteiger charge is -2.01. The van der Waals surface area contributed by atoms with E-state index in [0.29, 0.717) is 0 Å². The third-order valence-corrected chi connectivity index (χ3v) is 3.51. The first kappa shape index (κ1) is 11.9. The second kappa shape index (κ2) is 4.52. The maximum Gasteiger partial charge on any atom is 0.137 e. The zero-order valence-corrected chi connectivity index (χ0v) is 11.1. The molecule has 0 saturated heterocycles. The summed E-state index contributed by atoms with van der Waals surface area (Å²) in [5.41, 5.74) is 6.38. The average Bonchev–Trinajstić information content (AvgIpc) is 2.84. The predicted octanol–water partition coefficient (Wildman–Crippen LogP) is 3.11. The van der Waals surface area contributed by atoms with Crippen molar-refractivity contribution in [3.8, 4) is 11.3 Å². The molecule has 0 bridgehead atoms. The molecule has 0 fully saturated rings. The van der Waals surface area contributed by atoms with Gasteiger partial charge in [-0.2, -0.15) is 0 Å². The quantitative estimate of drug-likeness (QED) is 0.761. The minimum Gasteiger partial charge on any atom is -0.392 e.